The highest BCUT2D eigenvalue weighted by Crippen LogP contribution is 2.28. The fourth-order valence-electron chi connectivity index (χ4n) is 2.69. The molecule has 0 spiro atoms. The molecule has 0 unspecified atom stereocenters. The molecule has 0 N–H and O–H groups in total. The van der Waals surface area contributed by atoms with Gasteiger partial charge in [0.1, 0.15) is 5.75 Å². The van der Waals surface area contributed by atoms with Gasteiger partial charge in [0.25, 0.3) is 10.0 Å². The van der Waals surface area contributed by atoms with Crippen LogP contribution in [0, 0.1) is 0 Å². The van der Waals surface area contributed by atoms with Gasteiger partial charge in [-0.15, -0.1) is 15.7 Å². The number of rotatable bonds is 5. The Hall–Kier alpha value is -2.09. The fourth-order valence-corrected chi connectivity index (χ4v) is 5.12. The van der Waals surface area contributed by atoms with Gasteiger partial charge in [0.05, 0.1) is 17.7 Å². The van der Waals surface area contributed by atoms with Crippen molar-refractivity contribution in [1.29, 1.82) is 0 Å². The molecule has 0 atom stereocenters. The second-order valence-electron chi connectivity index (χ2n) is 5.82. The van der Waals surface area contributed by atoms with Crippen LogP contribution in [0.25, 0.3) is 11.3 Å². The van der Waals surface area contributed by atoms with Crippen LogP contribution in [0.15, 0.2) is 57.8 Å². The second kappa shape index (κ2) is 7.88. The summed E-state index contributed by atoms with van der Waals surface area (Å²) in [6.45, 7) is 2.04. The van der Waals surface area contributed by atoms with E-state index in [4.69, 9.17) is 16.3 Å². The molecule has 0 fully saturated rings. The maximum Gasteiger partial charge on any atom is 0.285 e. The molecular weight excluding hydrogens is 404 g/mol. The lowest BCUT2D eigenvalue weighted by molar-refractivity contribution is 0.415. The van der Waals surface area contributed by atoms with E-state index in [9.17, 15) is 8.42 Å². The van der Waals surface area contributed by atoms with E-state index in [2.05, 4.69) is 4.40 Å². The Bertz CT molecular complexity index is 1110. The van der Waals surface area contributed by atoms with Gasteiger partial charge in [-0.05, 0) is 60.5 Å². The van der Waals surface area contributed by atoms with E-state index in [1.165, 1.54) is 23.5 Å². The Morgan fingerprint density at radius 1 is 1.11 bits per heavy atom. The minimum atomic E-state index is -3.82. The summed E-state index contributed by atoms with van der Waals surface area (Å²) in [5.74, 6) is 0.768. The predicted octanol–water partition coefficient (Wildman–Crippen LogP) is 4.27. The van der Waals surface area contributed by atoms with Crippen LogP contribution in [0.4, 0.5) is 0 Å². The van der Waals surface area contributed by atoms with Crippen LogP contribution in [-0.2, 0) is 23.5 Å². The van der Waals surface area contributed by atoms with Gasteiger partial charge in [-0.1, -0.05) is 18.5 Å². The summed E-state index contributed by atoms with van der Waals surface area (Å²) in [4.78, 5) is 1.60. The number of halogens is 1. The monoisotopic (exact) mass is 422 g/mol. The Morgan fingerprint density at radius 3 is 2.30 bits per heavy atom. The van der Waals surface area contributed by atoms with Gasteiger partial charge >= 0.3 is 0 Å². The fraction of sp³-hybridized carbons (Fsp3) is 0.211. The number of benzene rings is 2. The molecule has 0 saturated heterocycles. The molecule has 3 rings (SSSR count). The van der Waals surface area contributed by atoms with E-state index in [0.717, 1.165) is 28.3 Å². The summed E-state index contributed by atoms with van der Waals surface area (Å²) in [5.41, 5.74) is 1.94. The SMILES string of the molecule is CCc1sc(=NS(=O)(=O)c2ccc(Cl)cc2)n(C)c1-c1ccc(OC)cc1. The molecule has 8 heteroatoms. The highest BCUT2D eigenvalue weighted by molar-refractivity contribution is 7.90. The molecule has 0 radical (unpaired) electrons. The van der Waals surface area contributed by atoms with Gasteiger partial charge in [-0.25, -0.2) is 0 Å². The van der Waals surface area contributed by atoms with Gasteiger partial charge in [-0.3, -0.25) is 0 Å². The zero-order valence-electron chi connectivity index (χ0n) is 15.1. The maximum absolute atomic E-state index is 12.7. The zero-order chi connectivity index (χ0) is 19.6. The molecule has 1 aromatic heterocycles. The standard InChI is InChI=1S/C19H19ClN2O3S2/c1-4-17-18(13-5-9-15(25-3)10-6-13)22(2)19(26-17)21-27(23,24)16-11-7-14(20)8-12-16/h5-12H,4H2,1-3H3. The number of hydrogen-bond donors (Lipinski definition) is 0. The van der Waals surface area contributed by atoms with Gasteiger partial charge in [0.15, 0.2) is 0 Å². The van der Waals surface area contributed by atoms with Crippen molar-refractivity contribution in [1.82, 2.24) is 4.57 Å². The van der Waals surface area contributed by atoms with E-state index in [0.29, 0.717) is 9.82 Å². The highest BCUT2D eigenvalue weighted by Gasteiger charge is 2.16. The minimum Gasteiger partial charge on any atom is -0.497 e. The van der Waals surface area contributed by atoms with E-state index in [-0.39, 0.29) is 4.90 Å². The molecular formula is C19H19ClN2O3S2. The minimum absolute atomic E-state index is 0.115. The van der Waals surface area contributed by atoms with Crippen molar-refractivity contribution in [3.8, 4) is 17.0 Å². The molecule has 5 nitrogen and oxygen atoms in total. The first-order valence-corrected chi connectivity index (χ1v) is 10.9. The van der Waals surface area contributed by atoms with Crippen molar-refractivity contribution in [3.05, 3.63) is 63.2 Å². The lowest BCUT2D eigenvalue weighted by atomic mass is 10.1. The van der Waals surface area contributed by atoms with Crippen LogP contribution in [0.5, 0.6) is 5.75 Å². The van der Waals surface area contributed by atoms with E-state index in [1.807, 2.05) is 42.8 Å². The Balaban J connectivity index is 2.13. The number of nitrogens with zero attached hydrogens (tertiary/aromatic N) is 2. The molecule has 27 heavy (non-hydrogen) atoms. The van der Waals surface area contributed by atoms with Crippen LogP contribution < -0.4 is 9.54 Å². The molecule has 142 valence electrons. The molecule has 0 aliphatic carbocycles. The molecule has 0 saturated carbocycles. The van der Waals surface area contributed by atoms with Crippen molar-refractivity contribution in [2.45, 2.75) is 18.2 Å². The summed E-state index contributed by atoms with van der Waals surface area (Å²) in [6, 6.07) is 13.7. The normalized spacial score (nSPS) is 12.4. The lowest BCUT2D eigenvalue weighted by Gasteiger charge is -2.07. The third kappa shape index (κ3) is 4.10. The number of thiazole rings is 1. The molecule has 0 aliphatic heterocycles. The van der Waals surface area contributed by atoms with Crippen LogP contribution >= 0.6 is 22.9 Å². The molecule has 0 aliphatic rings. The van der Waals surface area contributed by atoms with Gasteiger partial charge in [0, 0.05) is 16.9 Å². The predicted molar refractivity (Wildman–Crippen MR) is 109 cm³/mol. The number of ether oxygens (including phenoxy) is 1. The first kappa shape index (κ1) is 19.7. The molecule has 3 aromatic rings. The van der Waals surface area contributed by atoms with Crippen LogP contribution in [0.2, 0.25) is 5.02 Å². The summed E-state index contributed by atoms with van der Waals surface area (Å²) in [6.07, 6.45) is 0.774. The average Bonchev–Trinajstić information content (AvgIpc) is 2.97. The first-order valence-electron chi connectivity index (χ1n) is 8.25. The van der Waals surface area contributed by atoms with E-state index < -0.39 is 10.0 Å². The number of hydrogen-bond acceptors (Lipinski definition) is 4. The molecule has 0 amide bonds. The smallest absolute Gasteiger partial charge is 0.285 e. The summed E-state index contributed by atoms with van der Waals surface area (Å²) in [5, 5.41) is 0.477. The largest absolute Gasteiger partial charge is 0.497 e. The summed E-state index contributed by atoms with van der Waals surface area (Å²) in [7, 11) is -0.376. The number of aryl methyl sites for hydroxylation is 1. The Morgan fingerprint density at radius 2 is 1.74 bits per heavy atom. The van der Waals surface area contributed by atoms with Gasteiger partial charge in [0.2, 0.25) is 4.80 Å². The second-order valence-corrected chi connectivity index (χ2v) is 8.92. The Kier molecular flexibility index (Phi) is 5.74. The van der Waals surface area contributed by atoms with Crippen molar-refractivity contribution in [3.63, 3.8) is 0 Å². The first-order chi connectivity index (χ1) is 12.9. The molecule has 1 heterocycles. The van der Waals surface area contributed by atoms with E-state index in [1.54, 1.807) is 19.2 Å². The van der Waals surface area contributed by atoms with Crippen LogP contribution in [0.3, 0.4) is 0 Å². The number of sulfonamides is 1. The van der Waals surface area contributed by atoms with Crippen molar-refractivity contribution >= 4 is 33.0 Å². The van der Waals surface area contributed by atoms with Gasteiger partial charge in [-0.2, -0.15) is 8.42 Å². The highest BCUT2D eigenvalue weighted by atomic mass is 35.5. The maximum atomic E-state index is 12.7. The zero-order valence-corrected chi connectivity index (χ0v) is 17.5. The van der Waals surface area contributed by atoms with Crippen molar-refractivity contribution in [2.24, 2.45) is 11.4 Å². The summed E-state index contributed by atoms with van der Waals surface area (Å²) < 4.78 is 36.4. The van der Waals surface area contributed by atoms with E-state index >= 15 is 0 Å². The summed E-state index contributed by atoms with van der Waals surface area (Å²) >= 11 is 7.22. The lowest BCUT2D eigenvalue weighted by Crippen LogP contribution is -2.14. The number of methoxy groups -OCH3 is 1. The third-order valence-electron chi connectivity index (χ3n) is 4.10. The quantitative estimate of drug-likeness (QED) is 0.617. The number of aromatic nitrogens is 1. The average molecular weight is 423 g/mol. The molecule has 0 bridgehead atoms. The topological polar surface area (TPSA) is 60.7 Å². The van der Waals surface area contributed by atoms with Crippen LogP contribution in [0.1, 0.15) is 11.8 Å². The van der Waals surface area contributed by atoms with Crippen molar-refractivity contribution < 1.29 is 13.2 Å². The van der Waals surface area contributed by atoms with Crippen molar-refractivity contribution in [2.75, 3.05) is 7.11 Å². The Labute approximate surface area is 167 Å². The third-order valence-corrected chi connectivity index (χ3v) is 7.02. The van der Waals surface area contributed by atoms with Crippen LogP contribution in [-0.4, -0.2) is 20.1 Å². The molecule has 2 aromatic carbocycles. The van der Waals surface area contributed by atoms with Gasteiger partial charge < -0.3 is 9.30 Å².